The van der Waals surface area contributed by atoms with E-state index in [0.717, 1.165) is 18.4 Å². The van der Waals surface area contributed by atoms with E-state index in [1.54, 1.807) is 0 Å². The Bertz CT molecular complexity index is 364. The second-order valence-corrected chi connectivity index (χ2v) is 4.71. The van der Waals surface area contributed by atoms with Crippen molar-refractivity contribution in [2.75, 3.05) is 0 Å². The van der Waals surface area contributed by atoms with E-state index in [-0.39, 0.29) is 5.92 Å². The number of hydrogen-bond donors (Lipinski definition) is 1. The van der Waals surface area contributed by atoms with Gasteiger partial charge in [0.1, 0.15) is 10.3 Å². The van der Waals surface area contributed by atoms with Crippen molar-refractivity contribution in [1.29, 1.82) is 0 Å². The highest BCUT2D eigenvalue weighted by atomic mass is 35.5. The number of hydrogen-bond acceptors (Lipinski definition) is 2. The van der Waals surface area contributed by atoms with Gasteiger partial charge in [0.15, 0.2) is 0 Å². The molecule has 0 bridgehead atoms. The van der Waals surface area contributed by atoms with Crippen molar-refractivity contribution in [3.63, 3.8) is 0 Å². The number of rotatable bonds is 4. The molecule has 0 fully saturated rings. The highest BCUT2D eigenvalue weighted by Crippen LogP contribution is 2.32. The summed E-state index contributed by atoms with van der Waals surface area (Å²) in [7, 11) is 0. The van der Waals surface area contributed by atoms with E-state index in [4.69, 9.17) is 23.2 Å². The molecular formula is C12H17Cl2NO. The van der Waals surface area contributed by atoms with E-state index >= 15 is 0 Å². The van der Waals surface area contributed by atoms with Gasteiger partial charge in [-0.3, -0.25) is 0 Å². The fraction of sp³-hybridized carbons (Fsp3) is 0.583. The van der Waals surface area contributed by atoms with Gasteiger partial charge in [0, 0.05) is 5.56 Å². The van der Waals surface area contributed by atoms with Gasteiger partial charge in [0.25, 0.3) is 0 Å². The van der Waals surface area contributed by atoms with Crippen LogP contribution in [0.5, 0.6) is 0 Å². The Morgan fingerprint density at radius 1 is 1.25 bits per heavy atom. The maximum atomic E-state index is 10.2. The van der Waals surface area contributed by atoms with Crippen molar-refractivity contribution < 1.29 is 5.11 Å². The van der Waals surface area contributed by atoms with Crippen LogP contribution in [0.15, 0.2) is 6.07 Å². The van der Waals surface area contributed by atoms with Crippen LogP contribution >= 0.6 is 23.2 Å². The molecule has 1 heterocycles. The third-order valence-corrected chi connectivity index (χ3v) is 3.63. The molecule has 1 aromatic rings. The summed E-state index contributed by atoms with van der Waals surface area (Å²) >= 11 is 11.9. The molecule has 0 aliphatic rings. The van der Waals surface area contributed by atoms with Crippen molar-refractivity contribution in [2.45, 2.75) is 39.7 Å². The van der Waals surface area contributed by atoms with E-state index in [1.807, 2.05) is 13.0 Å². The molecule has 0 aromatic carbocycles. The second-order valence-electron chi connectivity index (χ2n) is 4.00. The number of aryl methyl sites for hydroxylation is 1. The molecule has 1 rings (SSSR count). The smallest absolute Gasteiger partial charge is 0.136 e. The summed E-state index contributed by atoms with van der Waals surface area (Å²) in [6.45, 7) is 5.97. The van der Waals surface area contributed by atoms with Crippen molar-refractivity contribution >= 4 is 23.2 Å². The van der Waals surface area contributed by atoms with E-state index in [0.29, 0.717) is 15.9 Å². The summed E-state index contributed by atoms with van der Waals surface area (Å²) in [5, 5.41) is 10.9. The highest BCUT2D eigenvalue weighted by Gasteiger charge is 2.21. The minimum Gasteiger partial charge on any atom is -0.388 e. The standard InChI is InChI=1S/C12H17Cl2NO/c1-4-8(5-2)10(16)9-6-7(3)11(13)15-12(9)14/h6,8,10,16H,4-5H2,1-3H3. The average molecular weight is 262 g/mol. The third-order valence-electron chi connectivity index (χ3n) is 2.95. The van der Waals surface area contributed by atoms with Gasteiger partial charge in [0.05, 0.1) is 6.10 Å². The molecule has 0 aliphatic carbocycles. The summed E-state index contributed by atoms with van der Waals surface area (Å²) in [5.41, 5.74) is 1.52. The quantitative estimate of drug-likeness (QED) is 0.826. The maximum Gasteiger partial charge on any atom is 0.136 e. The fourth-order valence-electron chi connectivity index (χ4n) is 1.79. The first kappa shape index (κ1) is 13.8. The number of aliphatic hydroxyl groups excluding tert-OH is 1. The van der Waals surface area contributed by atoms with E-state index in [9.17, 15) is 5.11 Å². The van der Waals surface area contributed by atoms with Crippen LogP contribution in [-0.2, 0) is 0 Å². The molecule has 0 spiro atoms. The molecule has 0 saturated carbocycles. The Morgan fingerprint density at radius 2 is 1.81 bits per heavy atom. The highest BCUT2D eigenvalue weighted by molar-refractivity contribution is 6.33. The lowest BCUT2D eigenvalue weighted by Gasteiger charge is -2.21. The van der Waals surface area contributed by atoms with Crippen LogP contribution in [0, 0.1) is 12.8 Å². The molecule has 2 nitrogen and oxygen atoms in total. The van der Waals surface area contributed by atoms with Crippen LogP contribution in [0.2, 0.25) is 10.3 Å². The molecule has 0 saturated heterocycles. The molecule has 90 valence electrons. The second kappa shape index (κ2) is 5.85. The summed E-state index contributed by atoms with van der Waals surface area (Å²) < 4.78 is 0. The van der Waals surface area contributed by atoms with Gasteiger partial charge in [0.2, 0.25) is 0 Å². The lowest BCUT2D eigenvalue weighted by molar-refractivity contribution is 0.103. The van der Waals surface area contributed by atoms with Gasteiger partial charge in [-0.15, -0.1) is 0 Å². The Balaban J connectivity index is 3.07. The molecular weight excluding hydrogens is 245 g/mol. The maximum absolute atomic E-state index is 10.2. The van der Waals surface area contributed by atoms with Gasteiger partial charge in [-0.1, -0.05) is 49.9 Å². The average Bonchev–Trinajstić information content (AvgIpc) is 2.25. The van der Waals surface area contributed by atoms with Crippen LogP contribution in [0.1, 0.15) is 43.9 Å². The first-order chi connectivity index (χ1) is 7.51. The van der Waals surface area contributed by atoms with Gasteiger partial charge >= 0.3 is 0 Å². The number of pyridine rings is 1. The van der Waals surface area contributed by atoms with Gasteiger partial charge in [-0.2, -0.15) is 0 Å². The van der Waals surface area contributed by atoms with Crippen LogP contribution in [0.25, 0.3) is 0 Å². The Kier molecular flexibility index (Phi) is 5.03. The molecule has 16 heavy (non-hydrogen) atoms. The van der Waals surface area contributed by atoms with E-state index < -0.39 is 6.10 Å². The molecule has 0 radical (unpaired) electrons. The number of nitrogens with zero attached hydrogens (tertiary/aromatic N) is 1. The predicted molar refractivity (Wildman–Crippen MR) is 68.0 cm³/mol. The van der Waals surface area contributed by atoms with Crippen LogP contribution in [-0.4, -0.2) is 10.1 Å². The van der Waals surface area contributed by atoms with Crippen molar-refractivity contribution in [1.82, 2.24) is 4.98 Å². The van der Waals surface area contributed by atoms with Gasteiger partial charge < -0.3 is 5.11 Å². The number of aliphatic hydroxyl groups is 1. The minimum absolute atomic E-state index is 0.208. The van der Waals surface area contributed by atoms with Crippen molar-refractivity contribution in [3.05, 3.63) is 27.5 Å². The molecule has 1 atom stereocenters. The summed E-state index contributed by atoms with van der Waals surface area (Å²) in [6, 6.07) is 1.82. The molecule has 1 N–H and O–H groups in total. The molecule has 1 aromatic heterocycles. The molecule has 1 unspecified atom stereocenters. The zero-order valence-corrected chi connectivity index (χ0v) is 11.3. The third kappa shape index (κ3) is 2.88. The number of aromatic nitrogens is 1. The van der Waals surface area contributed by atoms with Crippen LogP contribution in [0.3, 0.4) is 0 Å². The molecule has 0 aliphatic heterocycles. The van der Waals surface area contributed by atoms with Gasteiger partial charge in [-0.05, 0) is 24.5 Å². The Morgan fingerprint density at radius 3 is 2.31 bits per heavy atom. The summed E-state index contributed by atoms with van der Waals surface area (Å²) in [6.07, 6.45) is 1.26. The monoisotopic (exact) mass is 261 g/mol. The van der Waals surface area contributed by atoms with Crippen molar-refractivity contribution in [2.24, 2.45) is 5.92 Å². The van der Waals surface area contributed by atoms with Crippen LogP contribution in [0.4, 0.5) is 0 Å². The topological polar surface area (TPSA) is 33.1 Å². The van der Waals surface area contributed by atoms with E-state index in [1.165, 1.54) is 0 Å². The van der Waals surface area contributed by atoms with E-state index in [2.05, 4.69) is 18.8 Å². The zero-order chi connectivity index (χ0) is 12.3. The zero-order valence-electron chi connectivity index (χ0n) is 9.80. The minimum atomic E-state index is -0.564. The predicted octanol–water partition coefficient (Wildman–Crippen LogP) is 4.17. The lowest BCUT2D eigenvalue weighted by atomic mass is 9.92. The summed E-state index contributed by atoms with van der Waals surface area (Å²) in [4.78, 5) is 4.02. The SMILES string of the molecule is CCC(CC)C(O)c1cc(C)c(Cl)nc1Cl. The summed E-state index contributed by atoms with van der Waals surface area (Å²) in [5.74, 6) is 0.208. The fourth-order valence-corrected chi connectivity index (χ4v) is 2.22. The molecule has 4 heteroatoms. The van der Waals surface area contributed by atoms with Crippen molar-refractivity contribution in [3.8, 4) is 0 Å². The first-order valence-corrected chi connectivity index (χ1v) is 6.27. The molecule has 0 amide bonds. The Hall–Kier alpha value is -0.310. The largest absolute Gasteiger partial charge is 0.388 e. The Labute approximate surface area is 107 Å². The number of halogens is 2. The lowest BCUT2D eigenvalue weighted by Crippen LogP contribution is -2.12. The normalized spacial score (nSPS) is 13.2. The first-order valence-electron chi connectivity index (χ1n) is 5.51. The van der Waals surface area contributed by atoms with Crippen LogP contribution < -0.4 is 0 Å². The van der Waals surface area contributed by atoms with Gasteiger partial charge in [-0.25, -0.2) is 4.98 Å².